The Bertz CT molecular complexity index is 1860. The van der Waals surface area contributed by atoms with Crippen LogP contribution in [0.4, 0.5) is 4.39 Å². The minimum Gasteiger partial charge on any atom is -0.494 e. The molecule has 52 heavy (non-hydrogen) atoms. The van der Waals surface area contributed by atoms with Gasteiger partial charge in [0, 0.05) is 11.1 Å². The summed E-state index contributed by atoms with van der Waals surface area (Å²) in [4.78, 5) is 34.7. The van der Waals surface area contributed by atoms with Crippen molar-refractivity contribution in [2.75, 3.05) is 13.2 Å². The van der Waals surface area contributed by atoms with Crippen molar-refractivity contribution >= 4 is 18.4 Å². The van der Waals surface area contributed by atoms with Gasteiger partial charge in [0.25, 0.3) is 6.47 Å². The molecule has 0 fully saturated rings. The molecule has 0 bridgehead atoms. The van der Waals surface area contributed by atoms with Crippen molar-refractivity contribution in [3.8, 4) is 51.0 Å². The molecule has 4 rings (SSSR count). The number of hydrogen-bond acceptors (Lipinski definition) is 8. The number of hydrogen-bond donors (Lipinski definition) is 0. The zero-order valence-electron chi connectivity index (χ0n) is 30.2. The molecule has 4 aromatic rings. The minimum absolute atomic E-state index is 0.0998. The Labute approximate surface area is 305 Å². The van der Waals surface area contributed by atoms with Crippen LogP contribution >= 0.6 is 0 Å². The summed E-state index contributed by atoms with van der Waals surface area (Å²) in [5.41, 5.74) is 4.70. The first-order chi connectivity index (χ1) is 24.9. The molecule has 0 aliphatic heterocycles. The molecule has 0 aliphatic carbocycles. The van der Waals surface area contributed by atoms with Gasteiger partial charge in [-0.2, -0.15) is 0 Å². The standard InChI is InChI=1S/C39H37FO8.C4H8/c1-26(2)38(42)47-36-20-14-31(24-37(36)48-39(43)27(3)4)29-11-17-33(18-12-29)45-22-8-6-5-7-21-44-32-15-9-28(10-16-32)30-13-19-35(46-25-41)34(40)23-30;1-4(2)3/h9-20,23-25H,1,3,5-8,21-22H2,2,4H3;1H2,2-3H3. The largest absolute Gasteiger partial charge is 0.494 e. The summed E-state index contributed by atoms with van der Waals surface area (Å²) in [7, 11) is 0. The van der Waals surface area contributed by atoms with E-state index in [1.807, 2.05) is 62.4 Å². The van der Waals surface area contributed by atoms with Gasteiger partial charge in [-0.05, 0) is 124 Å². The van der Waals surface area contributed by atoms with Crippen molar-refractivity contribution < 1.29 is 42.5 Å². The zero-order chi connectivity index (χ0) is 38.0. The van der Waals surface area contributed by atoms with E-state index < -0.39 is 17.8 Å². The number of unbranched alkanes of at least 4 members (excludes halogenated alkanes) is 3. The van der Waals surface area contributed by atoms with Crippen LogP contribution in [-0.2, 0) is 14.4 Å². The molecule has 8 nitrogen and oxygen atoms in total. The number of carbonyl (C=O) groups excluding carboxylic acids is 3. The molecule has 0 spiro atoms. The van der Waals surface area contributed by atoms with Gasteiger partial charge in [0.1, 0.15) is 11.5 Å². The first kappa shape index (κ1) is 40.5. The molecule has 0 aliphatic rings. The van der Waals surface area contributed by atoms with E-state index in [9.17, 15) is 18.8 Å². The molecule has 0 saturated heterocycles. The third-order valence-electron chi connectivity index (χ3n) is 7.10. The fraction of sp³-hybridized carbons (Fsp3) is 0.233. The number of ether oxygens (including phenoxy) is 5. The Morgan fingerprint density at radius 3 is 1.40 bits per heavy atom. The third kappa shape index (κ3) is 13.4. The van der Waals surface area contributed by atoms with Crippen molar-refractivity contribution in [1.29, 1.82) is 0 Å². The molecule has 272 valence electrons. The summed E-state index contributed by atoms with van der Waals surface area (Å²) in [6.45, 7) is 19.1. The normalized spacial score (nSPS) is 10.2. The first-order valence-electron chi connectivity index (χ1n) is 16.8. The maximum atomic E-state index is 14.0. The lowest BCUT2D eigenvalue weighted by atomic mass is 10.0. The van der Waals surface area contributed by atoms with Crippen LogP contribution in [0.5, 0.6) is 28.7 Å². The van der Waals surface area contributed by atoms with Crippen LogP contribution in [0.25, 0.3) is 22.3 Å². The van der Waals surface area contributed by atoms with Gasteiger partial charge in [0.05, 0.1) is 13.2 Å². The fourth-order valence-electron chi connectivity index (χ4n) is 4.48. The second kappa shape index (κ2) is 20.7. The molecule has 0 amide bonds. The van der Waals surface area contributed by atoms with Crippen LogP contribution in [0.15, 0.2) is 121 Å². The van der Waals surface area contributed by atoms with Crippen molar-refractivity contribution in [1.82, 2.24) is 0 Å². The maximum Gasteiger partial charge on any atom is 0.338 e. The summed E-state index contributed by atoms with van der Waals surface area (Å²) in [6, 6.07) is 24.3. The molecule has 0 radical (unpaired) electrons. The number of carbonyl (C=O) groups is 3. The van der Waals surface area contributed by atoms with Gasteiger partial charge in [0.2, 0.25) is 0 Å². The summed E-state index contributed by atoms with van der Waals surface area (Å²) >= 11 is 0. The van der Waals surface area contributed by atoms with Gasteiger partial charge in [0.15, 0.2) is 23.1 Å². The fourth-order valence-corrected chi connectivity index (χ4v) is 4.48. The molecule has 4 aromatic carbocycles. The summed E-state index contributed by atoms with van der Waals surface area (Å²) in [5.74, 6) is -0.294. The number of allylic oxidation sites excluding steroid dienone is 1. The van der Waals surface area contributed by atoms with Crippen LogP contribution in [-0.4, -0.2) is 31.6 Å². The van der Waals surface area contributed by atoms with Crippen molar-refractivity contribution in [3.63, 3.8) is 0 Å². The second-order valence-electron chi connectivity index (χ2n) is 12.2. The van der Waals surface area contributed by atoms with E-state index in [0.29, 0.717) is 18.8 Å². The van der Waals surface area contributed by atoms with Gasteiger partial charge in [-0.25, -0.2) is 14.0 Å². The Morgan fingerprint density at radius 1 is 0.577 bits per heavy atom. The molecular weight excluding hydrogens is 663 g/mol. The summed E-state index contributed by atoms with van der Waals surface area (Å²) in [6.07, 6.45) is 3.77. The lowest BCUT2D eigenvalue weighted by Crippen LogP contribution is -2.12. The van der Waals surface area contributed by atoms with E-state index in [4.69, 9.17) is 18.9 Å². The minimum atomic E-state index is -0.630. The van der Waals surface area contributed by atoms with E-state index in [1.54, 1.807) is 24.3 Å². The molecule has 0 saturated carbocycles. The number of halogens is 1. The molecule has 0 N–H and O–H groups in total. The third-order valence-corrected chi connectivity index (χ3v) is 7.10. The molecule has 9 heteroatoms. The van der Waals surface area contributed by atoms with Gasteiger partial charge in [-0.15, -0.1) is 6.58 Å². The van der Waals surface area contributed by atoms with Crippen LogP contribution < -0.4 is 23.7 Å². The van der Waals surface area contributed by atoms with E-state index in [1.165, 1.54) is 31.6 Å². The van der Waals surface area contributed by atoms with E-state index >= 15 is 0 Å². The van der Waals surface area contributed by atoms with Crippen LogP contribution in [0, 0.1) is 5.82 Å². The highest BCUT2D eigenvalue weighted by Gasteiger charge is 2.16. The molecule has 0 heterocycles. The lowest BCUT2D eigenvalue weighted by molar-refractivity contribution is -0.132. The van der Waals surface area contributed by atoms with Gasteiger partial charge < -0.3 is 23.7 Å². The number of rotatable bonds is 17. The predicted octanol–water partition coefficient (Wildman–Crippen LogP) is 10.3. The Hall–Kier alpha value is -5.96. The SMILES string of the molecule is C=C(C)C.C=C(C)C(=O)Oc1ccc(-c2ccc(OCCCCCCOc3ccc(-c4ccc(OC=O)c(F)c4)cc3)cc2)cc1OC(=O)C(=C)C. The average molecular weight is 709 g/mol. The van der Waals surface area contributed by atoms with E-state index in [0.717, 1.165) is 53.9 Å². The molecular formula is C43H45FO8. The summed E-state index contributed by atoms with van der Waals surface area (Å²) < 4.78 is 41.2. The van der Waals surface area contributed by atoms with Crippen molar-refractivity contribution in [2.24, 2.45) is 0 Å². The van der Waals surface area contributed by atoms with Gasteiger partial charge in [-0.1, -0.05) is 55.1 Å². The smallest absolute Gasteiger partial charge is 0.338 e. The highest BCUT2D eigenvalue weighted by molar-refractivity contribution is 5.91. The topological polar surface area (TPSA) is 97.4 Å². The van der Waals surface area contributed by atoms with Crippen LogP contribution in [0.2, 0.25) is 0 Å². The Kier molecular flexibility index (Phi) is 16.1. The maximum absolute atomic E-state index is 14.0. The van der Waals surface area contributed by atoms with Crippen molar-refractivity contribution in [3.05, 3.63) is 127 Å². The van der Waals surface area contributed by atoms with Crippen LogP contribution in [0.3, 0.4) is 0 Å². The van der Waals surface area contributed by atoms with Gasteiger partial charge >= 0.3 is 11.9 Å². The van der Waals surface area contributed by atoms with E-state index in [2.05, 4.69) is 24.5 Å². The molecule has 0 unspecified atom stereocenters. The van der Waals surface area contributed by atoms with Crippen molar-refractivity contribution in [2.45, 2.75) is 53.4 Å². The lowest BCUT2D eigenvalue weighted by Gasteiger charge is -2.13. The monoisotopic (exact) mass is 708 g/mol. The predicted molar refractivity (Wildman–Crippen MR) is 201 cm³/mol. The summed E-state index contributed by atoms with van der Waals surface area (Å²) in [5, 5.41) is 0. The van der Waals surface area contributed by atoms with Crippen LogP contribution in [0.1, 0.15) is 53.4 Å². The highest BCUT2D eigenvalue weighted by Crippen LogP contribution is 2.34. The average Bonchev–Trinajstić information content (AvgIpc) is 3.11. The first-order valence-corrected chi connectivity index (χ1v) is 16.8. The highest BCUT2D eigenvalue weighted by atomic mass is 19.1. The number of benzene rings is 4. The van der Waals surface area contributed by atoms with Gasteiger partial charge in [-0.3, -0.25) is 4.79 Å². The zero-order valence-corrected chi connectivity index (χ0v) is 30.2. The second-order valence-corrected chi connectivity index (χ2v) is 12.2. The Balaban J connectivity index is 0.00000173. The Morgan fingerprint density at radius 2 is 0.981 bits per heavy atom. The molecule has 0 aromatic heterocycles. The molecule has 0 atom stereocenters. The quantitative estimate of drug-likeness (QED) is 0.0267. The van der Waals surface area contributed by atoms with E-state index in [-0.39, 0.29) is 34.9 Å². The number of esters is 2.